The standard InChI is InChI=1S/C21H22N2O4S/c1-14-5-2-3-9-22(14)19(24)12-23-16-11-15(21(26)18-6-4-10-28-18)7-8-17(16)27-13-20(23)25/h4,6-8,10-11,14H,2-3,5,9,12-13H2,1H3/t14-/m0/s1. The van der Waals surface area contributed by atoms with Gasteiger partial charge in [0.2, 0.25) is 11.7 Å². The average molecular weight is 398 g/mol. The number of fused-ring (bicyclic) bond motifs is 1. The number of likely N-dealkylation sites (tertiary alicyclic amines) is 1. The maximum Gasteiger partial charge on any atom is 0.265 e. The number of carbonyl (C=O) groups excluding carboxylic acids is 3. The third kappa shape index (κ3) is 3.54. The maximum absolute atomic E-state index is 12.9. The second-order valence-corrected chi connectivity index (χ2v) is 8.14. The van der Waals surface area contributed by atoms with Gasteiger partial charge in [0, 0.05) is 18.2 Å². The van der Waals surface area contributed by atoms with Crippen molar-refractivity contribution in [1.29, 1.82) is 0 Å². The van der Waals surface area contributed by atoms with E-state index in [2.05, 4.69) is 0 Å². The normalized spacial score (nSPS) is 19.2. The van der Waals surface area contributed by atoms with Crippen LogP contribution in [0.1, 0.15) is 41.4 Å². The second kappa shape index (κ2) is 7.75. The van der Waals surface area contributed by atoms with Crippen LogP contribution in [0.15, 0.2) is 35.7 Å². The van der Waals surface area contributed by atoms with Crippen LogP contribution in [-0.4, -0.2) is 48.2 Å². The van der Waals surface area contributed by atoms with E-state index >= 15 is 0 Å². The molecular weight excluding hydrogens is 376 g/mol. The van der Waals surface area contributed by atoms with Crippen molar-refractivity contribution in [2.45, 2.75) is 32.2 Å². The molecule has 2 aliphatic rings. The molecule has 0 unspecified atom stereocenters. The molecule has 1 fully saturated rings. The Bertz CT molecular complexity index is 909. The molecule has 0 saturated carbocycles. The first-order valence-corrected chi connectivity index (χ1v) is 10.4. The first-order valence-electron chi connectivity index (χ1n) is 9.49. The number of rotatable bonds is 4. The highest BCUT2D eigenvalue weighted by atomic mass is 32.1. The molecule has 1 aromatic carbocycles. The monoisotopic (exact) mass is 398 g/mol. The number of nitrogens with zero attached hydrogens (tertiary/aromatic N) is 2. The van der Waals surface area contributed by atoms with E-state index in [1.165, 1.54) is 16.2 Å². The van der Waals surface area contributed by atoms with Gasteiger partial charge in [0.15, 0.2) is 6.61 Å². The summed E-state index contributed by atoms with van der Waals surface area (Å²) in [6, 6.07) is 8.83. The summed E-state index contributed by atoms with van der Waals surface area (Å²) in [6.07, 6.45) is 3.10. The molecule has 0 spiro atoms. The first kappa shape index (κ1) is 18.7. The van der Waals surface area contributed by atoms with Gasteiger partial charge >= 0.3 is 0 Å². The quantitative estimate of drug-likeness (QED) is 0.743. The Labute approximate surface area is 167 Å². The summed E-state index contributed by atoms with van der Waals surface area (Å²) in [7, 11) is 0. The fraction of sp³-hybridized carbons (Fsp3) is 0.381. The smallest absolute Gasteiger partial charge is 0.265 e. The summed E-state index contributed by atoms with van der Waals surface area (Å²) in [4.78, 5) is 42.0. The fourth-order valence-corrected chi connectivity index (χ4v) is 4.45. The number of carbonyl (C=O) groups is 3. The Hall–Kier alpha value is -2.67. The molecule has 3 heterocycles. The molecule has 2 amide bonds. The van der Waals surface area contributed by atoms with Crippen molar-refractivity contribution in [2.75, 3.05) is 24.6 Å². The van der Waals surface area contributed by atoms with Gasteiger partial charge in [-0.3, -0.25) is 19.3 Å². The highest BCUT2D eigenvalue weighted by Crippen LogP contribution is 2.34. The van der Waals surface area contributed by atoms with Crippen molar-refractivity contribution in [2.24, 2.45) is 0 Å². The zero-order valence-electron chi connectivity index (χ0n) is 15.7. The van der Waals surface area contributed by atoms with Gasteiger partial charge in [0.1, 0.15) is 12.3 Å². The SMILES string of the molecule is C[C@H]1CCCCN1C(=O)CN1C(=O)COc2ccc(C(=O)c3cccs3)cc21. The number of piperidine rings is 1. The van der Waals surface area contributed by atoms with E-state index in [4.69, 9.17) is 4.74 Å². The predicted molar refractivity (Wildman–Crippen MR) is 107 cm³/mol. The summed E-state index contributed by atoms with van der Waals surface area (Å²) in [5.74, 6) is 0.0724. The number of ketones is 1. The molecule has 1 atom stereocenters. The van der Waals surface area contributed by atoms with E-state index in [0.717, 1.165) is 25.8 Å². The van der Waals surface area contributed by atoms with Gasteiger partial charge in [-0.2, -0.15) is 0 Å². The summed E-state index contributed by atoms with van der Waals surface area (Å²) in [6.45, 7) is 2.64. The summed E-state index contributed by atoms with van der Waals surface area (Å²) < 4.78 is 5.51. The topological polar surface area (TPSA) is 66.9 Å². The Morgan fingerprint density at radius 2 is 2.11 bits per heavy atom. The van der Waals surface area contributed by atoms with Gasteiger partial charge in [-0.1, -0.05) is 6.07 Å². The van der Waals surface area contributed by atoms with Crippen LogP contribution in [0.3, 0.4) is 0 Å². The molecule has 4 rings (SSSR count). The lowest BCUT2D eigenvalue weighted by Gasteiger charge is -2.36. The van der Waals surface area contributed by atoms with Crippen molar-refractivity contribution in [3.63, 3.8) is 0 Å². The zero-order chi connectivity index (χ0) is 19.7. The lowest BCUT2D eigenvalue weighted by atomic mass is 10.0. The van der Waals surface area contributed by atoms with Crippen molar-refractivity contribution in [1.82, 2.24) is 4.90 Å². The van der Waals surface area contributed by atoms with Crippen LogP contribution in [0.4, 0.5) is 5.69 Å². The van der Waals surface area contributed by atoms with Gasteiger partial charge in [-0.15, -0.1) is 11.3 Å². The van der Waals surface area contributed by atoms with Crippen molar-refractivity contribution >= 4 is 34.6 Å². The number of hydrogen-bond donors (Lipinski definition) is 0. The molecule has 1 aromatic heterocycles. The highest BCUT2D eigenvalue weighted by Gasteiger charge is 2.31. The van der Waals surface area contributed by atoms with E-state index in [1.807, 2.05) is 23.3 Å². The van der Waals surface area contributed by atoms with E-state index in [9.17, 15) is 14.4 Å². The zero-order valence-corrected chi connectivity index (χ0v) is 16.5. The molecule has 0 radical (unpaired) electrons. The third-order valence-corrected chi connectivity index (χ3v) is 6.19. The summed E-state index contributed by atoms with van der Waals surface area (Å²) >= 11 is 1.37. The van der Waals surface area contributed by atoms with Gasteiger partial charge < -0.3 is 9.64 Å². The third-order valence-electron chi connectivity index (χ3n) is 5.33. The van der Waals surface area contributed by atoms with Crippen LogP contribution >= 0.6 is 11.3 Å². The lowest BCUT2D eigenvalue weighted by molar-refractivity contribution is -0.134. The molecule has 1 saturated heterocycles. The Balaban J connectivity index is 1.61. The van der Waals surface area contributed by atoms with Gasteiger partial charge in [0.05, 0.1) is 10.6 Å². The number of ether oxygens (including phenoxy) is 1. The average Bonchev–Trinajstić information content (AvgIpc) is 3.24. The molecule has 0 bridgehead atoms. The molecule has 2 aromatic rings. The van der Waals surface area contributed by atoms with E-state index in [1.54, 1.807) is 24.3 Å². The van der Waals surface area contributed by atoms with Crippen LogP contribution in [0, 0.1) is 0 Å². The molecule has 0 N–H and O–H groups in total. The largest absolute Gasteiger partial charge is 0.482 e. The predicted octanol–water partition coefficient (Wildman–Crippen LogP) is 3.11. The second-order valence-electron chi connectivity index (χ2n) is 7.19. The lowest BCUT2D eigenvalue weighted by Crippen LogP contribution is -2.50. The van der Waals surface area contributed by atoms with Gasteiger partial charge in [0.25, 0.3) is 5.91 Å². The number of anilines is 1. The number of amides is 2. The molecule has 0 aliphatic carbocycles. The van der Waals surface area contributed by atoms with Crippen LogP contribution in [-0.2, 0) is 9.59 Å². The van der Waals surface area contributed by atoms with Crippen LogP contribution in [0.25, 0.3) is 0 Å². The van der Waals surface area contributed by atoms with E-state index in [-0.39, 0.29) is 36.8 Å². The Morgan fingerprint density at radius 1 is 1.25 bits per heavy atom. The molecule has 146 valence electrons. The molecule has 28 heavy (non-hydrogen) atoms. The number of hydrogen-bond acceptors (Lipinski definition) is 5. The van der Waals surface area contributed by atoms with E-state index in [0.29, 0.717) is 21.9 Å². The summed E-state index contributed by atoms with van der Waals surface area (Å²) in [5, 5.41) is 1.85. The molecule has 7 heteroatoms. The van der Waals surface area contributed by atoms with Crippen molar-refractivity contribution in [3.8, 4) is 5.75 Å². The molecule has 6 nitrogen and oxygen atoms in total. The minimum atomic E-state index is -0.272. The highest BCUT2D eigenvalue weighted by molar-refractivity contribution is 7.12. The fourth-order valence-electron chi connectivity index (χ4n) is 3.76. The van der Waals surface area contributed by atoms with Gasteiger partial charge in [-0.05, 0) is 55.8 Å². The van der Waals surface area contributed by atoms with Gasteiger partial charge in [-0.25, -0.2) is 0 Å². The first-order chi connectivity index (χ1) is 13.5. The molecular formula is C21H22N2O4S. The van der Waals surface area contributed by atoms with E-state index < -0.39 is 0 Å². The van der Waals surface area contributed by atoms with Crippen molar-refractivity contribution < 1.29 is 19.1 Å². The number of benzene rings is 1. The minimum Gasteiger partial charge on any atom is -0.482 e. The number of thiophene rings is 1. The van der Waals surface area contributed by atoms with Crippen LogP contribution in [0.2, 0.25) is 0 Å². The Morgan fingerprint density at radius 3 is 2.86 bits per heavy atom. The summed E-state index contributed by atoms with van der Waals surface area (Å²) in [5.41, 5.74) is 0.958. The molecule has 2 aliphatic heterocycles. The van der Waals surface area contributed by atoms with Crippen molar-refractivity contribution in [3.05, 3.63) is 46.2 Å². The van der Waals surface area contributed by atoms with Crippen LogP contribution < -0.4 is 9.64 Å². The van der Waals surface area contributed by atoms with Crippen LogP contribution in [0.5, 0.6) is 5.75 Å². The Kier molecular flexibility index (Phi) is 5.17. The minimum absolute atomic E-state index is 0.0316. The maximum atomic E-state index is 12.9.